The number of pyridine rings is 1. The molecule has 3 aromatic rings. The van der Waals surface area contributed by atoms with Crippen molar-refractivity contribution in [3.05, 3.63) is 52.4 Å². The molecule has 0 unspecified atom stereocenters. The van der Waals surface area contributed by atoms with Crippen LogP contribution in [0.4, 0.5) is 0 Å². The minimum absolute atomic E-state index is 0.204. The first-order valence-corrected chi connectivity index (χ1v) is 6.41. The van der Waals surface area contributed by atoms with Gasteiger partial charge in [0.05, 0.1) is 11.7 Å². The van der Waals surface area contributed by atoms with Gasteiger partial charge in [-0.2, -0.15) is 0 Å². The van der Waals surface area contributed by atoms with Crippen LogP contribution in [-0.2, 0) is 7.05 Å². The van der Waals surface area contributed by atoms with E-state index in [1.807, 2.05) is 30.3 Å². The molecule has 6 heteroatoms. The van der Waals surface area contributed by atoms with Crippen LogP contribution in [0.1, 0.15) is 16.2 Å². The first-order valence-electron chi connectivity index (χ1n) is 5.61. The van der Waals surface area contributed by atoms with Crippen molar-refractivity contribution in [2.45, 2.75) is 0 Å². The van der Waals surface area contributed by atoms with E-state index in [2.05, 4.69) is 31.2 Å². The van der Waals surface area contributed by atoms with Crippen LogP contribution in [0.5, 0.6) is 0 Å². The van der Waals surface area contributed by atoms with Gasteiger partial charge in [0, 0.05) is 16.9 Å². The van der Waals surface area contributed by atoms with E-state index in [4.69, 9.17) is 0 Å². The number of aromatic nitrogens is 4. The number of para-hydroxylation sites is 1. The standard InChI is InChI=1S/C13H9BrN4O/c1-18-11(7-15-17-18)13(19)12-9(14)6-8-4-2-3-5-10(8)16-12/h2-7H,1H3. The maximum atomic E-state index is 12.4. The highest BCUT2D eigenvalue weighted by molar-refractivity contribution is 9.10. The molecule has 5 nitrogen and oxygen atoms in total. The van der Waals surface area contributed by atoms with Gasteiger partial charge in [0.1, 0.15) is 11.4 Å². The molecule has 19 heavy (non-hydrogen) atoms. The minimum Gasteiger partial charge on any atom is -0.285 e. The Labute approximate surface area is 117 Å². The molecule has 0 aliphatic carbocycles. The molecule has 0 saturated carbocycles. The summed E-state index contributed by atoms with van der Waals surface area (Å²) in [7, 11) is 1.68. The number of hydrogen-bond acceptors (Lipinski definition) is 4. The van der Waals surface area contributed by atoms with Crippen LogP contribution in [0.2, 0.25) is 0 Å². The average molecular weight is 317 g/mol. The second kappa shape index (κ2) is 4.55. The summed E-state index contributed by atoms with van der Waals surface area (Å²) in [5.41, 5.74) is 1.55. The zero-order valence-electron chi connectivity index (χ0n) is 10.0. The molecule has 0 bridgehead atoms. The molecule has 0 aliphatic rings. The topological polar surface area (TPSA) is 60.7 Å². The molecule has 2 aromatic heterocycles. The maximum Gasteiger partial charge on any atom is 0.232 e. The first kappa shape index (κ1) is 12.0. The summed E-state index contributed by atoms with van der Waals surface area (Å²) in [6, 6.07) is 9.54. The molecule has 0 amide bonds. The number of benzene rings is 1. The zero-order valence-corrected chi connectivity index (χ0v) is 11.6. The lowest BCUT2D eigenvalue weighted by atomic mass is 10.1. The first-order chi connectivity index (χ1) is 9.16. The predicted octanol–water partition coefficient (Wildman–Crippen LogP) is 2.36. The number of nitrogens with zero attached hydrogens (tertiary/aromatic N) is 4. The van der Waals surface area contributed by atoms with Crippen molar-refractivity contribution in [3.8, 4) is 0 Å². The van der Waals surface area contributed by atoms with Gasteiger partial charge in [-0.15, -0.1) is 5.10 Å². The van der Waals surface area contributed by atoms with Crippen LogP contribution in [0, 0.1) is 0 Å². The highest BCUT2D eigenvalue weighted by Gasteiger charge is 2.18. The highest BCUT2D eigenvalue weighted by atomic mass is 79.9. The Morgan fingerprint density at radius 3 is 2.84 bits per heavy atom. The average Bonchev–Trinajstić information content (AvgIpc) is 2.83. The predicted molar refractivity (Wildman–Crippen MR) is 73.9 cm³/mol. The van der Waals surface area contributed by atoms with E-state index in [-0.39, 0.29) is 5.78 Å². The lowest BCUT2D eigenvalue weighted by Gasteiger charge is -2.05. The van der Waals surface area contributed by atoms with Crippen LogP contribution in [0.15, 0.2) is 41.0 Å². The third kappa shape index (κ3) is 2.04. The van der Waals surface area contributed by atoms with Crippen molar-refractivity contribution in [2.75, 3.05) is 0 Å². The monoisotopic (exact) mass is 316 g/mol. The number of aryl methyl sites for hydroxylation is 1. The van der Waals surface area contributed by atoms with Crippen molar-refractivity contribution < 1.29 is 4.79 Å². The Bertz CT molecular complexity index is 781. The van der Waals surface area contributed by atoms with Gasteiger partial charge in [0.15, 0.2) is 0 Å². The smallest absolute Gasteiger partial charge is 0.232 e. The van der Waals surface area contributed by atoms with E-state index in [1.54, 1.807) is 7.05 Å². The van der Waals surface area contributed by atoms with E-state index in [9.17, 15) is 4.79 Å². The van der Waals surface area contributed by atoms with Crippen LogP contribution in [0.25, 0.3) is 10.9 Å². The molecule has 94 valence electrons. The summed E-state index contributed by atoms with van der Waals surface area (Å²) in [4.78, 5) is 16.8. The summed E-state index contributed by atoms with van der Waals surface area (Å²) >= 11 is 3.39. The van der Waals surface area contributed by atoms with Crippen LogP contribution < -0.4 is 0 Å². The molecular weight excluding hydrogens is 308 g/mol. The maximum absolute atomic E-state index is 12.4. The quantitative estimate of drug-likeness (QED) is 0.681. The third-order valence-electron chi connectivity index (χ3n) is 2.84. The van der Waals surface area contributed by atoms with Gasteiger partial charge in [0.2, 0.25) is 5.78 Å². The molecule has 3 rings (SSSR count). The van der Waals surface area contributed by atoms with E-state index in [0.717, 1.165) is 10.9 Å². The molecule has 0 saturated heterocycles. The lowest BCUT2D eigenvalue weighted by Crippen LogP contribution is -2.10. The molecule has 1 aromatic carbocycles. The Morgan fingerprint density at radius 1 is 1.32 bits per heavy atom. The van der Waals surface area contributed by atoms with Crippen LogP contribution in [-0.4, -0.2) is 25.8 Å². The summed E-state index contributed by atoms with van der Waals surface area (Å²) in [6.07, 6.45) is 1.44. The second-order valence-corrected chi connectivity index (χ2v) is 4.94. The zero-order chi connectivity index (χ0) is 13.4. The van der Waals surface area contributed by atoms with Crippen molar-refractivity contribution in [1.82, 2.24) is 20.0 Å². The Hall–Kier alpha value is -2.08. The van der Waals surface area contributed by atoms with Crippen LogP contribution in [0.3, 0.4) is 0 Å². The Balaban J connectivity index is 2.17. The molecule has 0 fully saturated rings. The third-order valence-corrected chi connectivity index (χ3v) is 3.44. The van der Waals surface area contributed by atoms with Gasteiger partial charge in [-0.25, -0.2) is 9.67 Å². The number of fused-ring (bicyclic) bond motifs is 1. The summed E-state index contributed by atoms with van der Waals surface area (Å²) in [5.74, 6) is -0.204. The Morgan fingerprint density at radius 2 is 2.11 bits per heavy atom. The van der Waals surface area contributed by atoms with Crippen LogP contribution >= 0.6 is 15.9 Å². The fourth-order valence-corrected chi connectivity index (χ4v) is 2.38. The van der Waals surface area contributed by atoms with Gasteiger partial charge < -0.3 is 0 Å². The fourth-order valence-electron chi connectivity index (χ4n) is 1.87. The number of hydrogen-bond donors (Lipinski definition) is 0. The Kier molecular flexibility index (Phi) is 2.87. The molecule has 0 atom stereocenters. The summed E-state index contributed by atoms with van der Waals surface area (Å²) < 4.78 is 2.10. The normalized spacial score (nSPS) is 10.8. The van der Waals surface area contributed by atoms with E-state index >= 15 is 0 Å². The number of ketones is 1. The SMILES string of the molecule is Cn1nncc1C(=O)c1nc2ccccc2cc1Br. The van der Waals surface area contributed by atoms with E-state index in [1.165, 1.54) is 10.9 Å². The summed E-state index contributed by atoms with van der Waals surface area (Å²) in [6.45, 7) is 0. The van der Waals surface area contributed by atoms with Crippen molar-refractivity contribution in [2.24, 2.45) is 7.05 Å². The van der Waals surface area contributed by atoms with Gasteiger partial charge in [0.25, 0.3) is 0 Å². The van der Waals surface area contributed by atoms with E-state index in [0.29, 0.717) is 15.9 Å². The summed E-state index contributed by atoms with van der Waals surface area (Å²) in [5, 5.41) is 8.45. The molecule has 0 spiro atoms. The second-order valence-electron chi connectivity index (χ2n) is 4.08. The lowest BCUT2D eigenvalue weighted by molar-refractivity contribution is 0.102. The van der Waals surface area contributed by atoms with Gasteiger partial charge >= 0.3 is 0 Å². The molecular formula is C13H9BrN4O. The number of carbonyl (C=O) groups excluding carboxylic acids is 1. The highest BCUT2D eigenvalue weighted by Crippen LogP contribution is 2.23. The van der Waals surface area contributed by atoms with Crippen molar-refractivity contribution in [1.29, 1.82) is 0 Å². The molecule has 0 radical (unpaired) electrons. The van der Waals surface area contributed by atoms with Crippen molar-refractivity contribution in [3.63, 3.8) is 0 Å². The van der Waals surface area contributed by atoms with Crippen molar-refractivity contribution >= 4 is 32.6 Å². The number of carbonyl (C=O) groups is 1. The number of rotatable bonds is 2. The van der Waals surface area contributed by atoms with E-state index < -0.39 is 0 Å². The largest absolute Gasteiger partial charge is 0.285 e. The van der Waals surface area contributed by atoms with Gasteiger partial charge in [-0.05, 0) is 28.1 Å². The minimum atomic E-state index is -0.204. The molecule has 0 aliphatic heterocycles. The molecule has 0 N–H and O–H groups in total. The van der Waals surface area contributed by atoms with Gasteiger partial charge in [-0.1, -0.05) is 23.4 Å². The fraction of sp³-hybridized carbons (Fsp3) is 0.0769. The number of halogens is 1. The van der Waals surface area contributed by atoms with Gasteiger partial charge in [-0.3, -0.25) is 4.79 Å². The molecule has 2 heterocycles.